The van der Waals surface area contributed by atoms with Crippen LogP contribution in [0.4, 0.5) is 34.1 Å². The molecule has 274 valence electrons. The fourth-order valence-electron chi connectivity index (χ4n) is 9.87. The van der Waals surface area contributed by atoms with Gasteiger partial charge in [-0.2, -0.15) is 0 Å². The molecule has 0 amide bonds. The number of hydrogen-bond acceptors (Lipinski definition) is 2. The molecule has 0 spiro atoms. The minimum atomic E-state index is -2.15. The third-order valence-corrected chi connectivity index (χ3v) is 16.3. The first kappa shape index (κ1) is 34.9. The highest BCUT2D eigenvalue weighted by atomic mass is 28.3. The maximum absolute atomic E-state index is 2.62. The fraction of sp³-hybridized carbons (Fsp3) is 0.192. The molecule has 0 radical (unpaired) electrons. The van der Waals surface area contributed by atoms with E-state index < -0.39 is 8.07 Å². The van der Waals surface area contributed by atoms with Crippen molar-refractivity contribution in [1.29, 1.82) is 0 Å². The van der Waals surface area contributed by atoms with E-state index in [9.17, 15) is 0 Å². The van der Waals surface area contributed by atoms with E-state index in [0.717, 1.165) is 0 Å². The van der Waals surface area contributed by atoms with Crippen molar-refractivity contribution in [3.63, 3.8) is 0 Å². The molecule has 2 nitrogen and oxygen atoms in total. The van der Waals surface area contributed by atoms with E-state index in [-0.39, 0.29) is 17.5 Å². The van der Waals surface area contributed by atoms with Crippen LogP contribution in [0.2, 0.25) is 13.1 Å². The fourth-order valence-corrected chi connectivity index (χ4v) is 13.1. The lowest BCUT2D eigenvalue weighted by Gasteiger charge is -2.50. The molecule has 7 aromatic carbocycles. The Labute approximate surface area is 334 Å². The molecule has 10 rings (SSSR count). The first-order valence-corrected chi connectivity index (χ1v) is 23.2. The first-order chi connectivity index (χ1) is 26.8. The highest BCUT2D eigenvalue weighted by Gasteiger charge is 2.51. The average Bonchev–Trinajstić information content (AvgIpc) is 3.19. The van der Waals surface area contributed by atoms with Crippen molar-refractivity contribution < 1.29 is 0 Å². The summed E-state index contributed by atoms with van der Waals surface area (Å²) in [7, 11) is -2.15. The van der Waals surface area contributed by atoms with Crippen LogP contribution in [0, 0.1) is 0 Å². The lowest BCUT2D eigenvalue weighted by molar-refractivity contribution is 0.590. The maximum atomic E-state index is 2.62. The van der Waals surface area contributed by atoms with Crippen molar-refractivity contribution in [3.05, 3.63) is 163 Å². The SMILES string of the molecule is CC(C)(C)c1ccc(N2c3cccc4c3B3c5c2cccc5[Si](C)(C)c2cccc(c23)N4c2ccc(C(C)(C)C)cc2-c2ccccc2)c(-c2ccccc2)c1. The molecule has 0 atom stereocenters. The monoisotopic (exact) mass is 740 g/mol. The van der Waals surface area contributed by atoms with Gasteiger partial charge in [0.1, 0.15) is 8.07 Å². The normalized spacial score (nSPS) is 14.8. The molecular weight excluding hydrogens is 691 g/mol. The molecule has 0 aliphatic carbocycles. The molecule has 3 aliphatic heterocycles. The maximum Gasteiger partial charge on any atom is 0.251 e. The largest absolute Gasteiger partial charge is 0.311 e. The van der Waals surface area contributed by atoms with Gasteiger partial charge < -0.3 is 9.80 Å². The Balaban J connectivity index is 1.31. The topological polar surface area (TPSA) is 6.48 Å². The van der Waals surface area contributed by atoms with E-state index >= 15 is 0 Å². The number of rotatable bonds is 4. The zero-order valence-electron chi connectivity index (χ0n) is 33.9. The minimum absolute atomic E-state index is 0.0160. The van der Waals surface area contributed by atoms with E-state index in [2.05, 4.69) is 216 Å². The molecule has 3 heterocycles. The summed E-state index contributed by atoms with van der Waals surface area (Å²) in [5, 5.41) is 3.10. The molecule has 0 N–H and O–H groups in total. The molecule has 56 heavy (non-hydrogen) atoms. The van der Waals surface area contributed by atoms with Gasteiger partial charge in [-0.15, -0.1) is 0 Å². The van der Waals surface area contributed by atoms with Gasteiger partial charge >= 0.3 is 0 Å². The van der Waals surface area contributed by atoms with Gasteiger partial charge in [0.15, 0.2) is 0 Å². The van der Waals surface area contributed by atoms with Crippen LogP contribution < -0.4 is 36.6 Å². The van der Waals surface area contributed by atoms with Gasteiger partial charge in [-0.1, -0.05) is 168 Å². The highest BCUT2D eigenvalue weighted by molar-refractivity contribution is 7.16. The minimum Gasteiger partial charge on any atom is -0.311 e. The van der Waals surface area contributed by atoms with Gasteiger partial charge in [0.2, 0.25) is 0 Å². The molecule has 0 saturated heterocycles. The van der Waals surface area contributed by atoms with Crippen molar-refractivity contribution >= 4 is 75.7 Å². The first-order valence-electron chi connectivity index (χ1n) is 20.2. The molecule has 4 heteroatoms. The van der Waals surface area contributed by atoms with Gasteiger partial charge in [-0.3, -0.25) is 0 Å². The second kappa shape index (κ2) is 12.2. The van der Waals surface area contributed by atoms with Gasteiger partial charge in [0.05, 0.1) is 11.4 Å². The van der Waals surface area contributed by atoms with E-state index in [1.54, 1.807) is 10.4 Å². The Kier molecular flexibility index (Phi) is 7.60. The summed E-state index contributed by atoms with van der Waals surface area (Å²) < 4.78 is 0. The number of nitrogens with zero attached hydrogens (tertiary/aromatic N) is 2. The van der Waals surface area contributed by atoms with E-state index in [4.69, 9.17) is 0 Å². The zero-order chi connectivity index (χ0) is 38.7. The Morgan fingerprint density at radius 3 is 1.16 bits per heavy atom. The number of hydrogen-bond donors (Lipinski definition) is 0. The van der Waals surface area contributed by atoms with Crippen LogP contribution in [0.25, 0.3) is 22.3 Å². The molecular formula is C52H49BN2Si. The predicted molar refractivity (Wildman–Crippen MR) is 245 cm³/mol. The Bertz CT molecular complexity index is 2520. The van der Waals surface area contributed by atoms with Gasteiger partial charge in [0.25, 0.3) is 6.71 Å². The van der Waals surface area contributed by atoms with Crippen LogP contribution in [0.1, 0.15) is 52.7 Å². The number of benzene rings is 7. The van der Waals surface area contributed by atoms with Crippen LogP contribution in [-0.4, -0.2) is 14.8 Å². The molecule has 0 saturated carbocycles. The van der Waals surface area contributed by atoms with Crippen molar-refractivity contribution in [1.82, 2.24) is 0 Å². The lowest BCUT2D eigenvalue weighted by atomic mass is 9.33. The van der Waals surface area contributed by atoms with Crippen molar-refractivity contribution in [2.45, 2.75) is 65.5 Å². The van der Waals surface area contributed by atoms with Crippen molar-refractivity contribution in [2.24, 2.45) is 0 Å². The Morgan fingerprint density at radius 1 is 0.393 bits per heavy atom. The molecule has 3 aliphatic rings. The summed E-state index contributed by atoms with van der Waals surface area (Å²) in [4.78, 5) is 5.23. The third-order valence-electron chi connectivity index (χ3n) is 12.8. The van der Waals surface area contributed by atoms with Crippen LogP contribution >= 0.6 is 0 Å². The molecule has 0 fully saturated rings. The number of anilines is 6. The van der Waals surface area contributed by atoms with E-state index in [0.29, 0.717) is 0 Å². The molecule has 0 unspecified atom stereocenters. The lowest BCUT2D eigenvalue weighted by Crippen LogP contribution is -2.79. The quantitative estimate of drug-likeness (QED) is 0.166. The van der Waals surface area contributed by atoms with Crippen molar-refractivity contribution in [3.8, 4) is 22.3 Å². The molecule has 0 aromatic heterocycles. The second-order valence-electron chi connectivity index (χ2n) is 18.6. The van der Waals surface area contributed by atoms with Crippen LogP contribution in [0.5, 0.6) is 0 Å². The van der Waals surface area contributed by atoms with Crippen molar-refractivity contribution in [2.75, 3.05) is 9.80 Å². The summed E-state index contributed by atoms with van der Waals surface area (Å²) in [5.41, 5.74) is 19.7. The smallest absolute Gasteiger partial charge is 0.251 e. The van der Waals surface area contributed by atoms with Gasteiger partial charge in [-0.05, 0) is 98.0 Å². The summed E-state index contributed by atoms with van der Waals surface area (Å²) in [5.74, 6) is 0. The summed E-state index contributed by atoms with van der Waals surface area (Å²) in [6, 6.07) is 57.8. The van der Waals surface area contributed by atoms with Crippen LogP contribution in [0.15, 0.2) is 152 Å². The predicted octanol–water partition coefficient (Wildman–Crippen LogP) is 10.8. The average molecular weight is 741 g/mol. The molecule has 7 aromatic rings. The van der Waals surface area contributed by atoms with E-state index in [1.807, 2.05) is 0 Å². The summed E-state index contributed by atoms with van der Waals surface area (Å²) in [6.07, 6.45) is 0. The zero-order valence-corrected chi connectivity index (χ0v) is 34.9. The van der Waals surface area contributed by atoms with E-state index in [1.165, 1.54) is 83.9 Å². The molecule has 0 bridgehead atoms. The Morgan fingerprint density at radius 2 is 0.768 bits per heavy atom. The highest BCUT2D eigenvalue weighted by Crippen LogP contribution is 2.49. The van der Waals surface area contributed by atoms with Gasteiger partial charge in [-0.25, -0.2) is 0 Å². The Hall–Kier alpha value is -5.58. The van der Waals surface area contributed by atoms with Crippen LogP contribution in [0.3, 0.4) is 0 Å². The third kappa shape index (κ3) is 5.08. The standard InChI is InChI=1S/C52H49BN2Si/c1-51(2,3)36-28-30-40(38(32-36)34-18-11-9-12-19-34)54-42-22-15-23-43-48(42)53-49-44(54)24-16-26-46(49)56(7,8)47-27-17-25-45(50(47)53)55(43)41-31-29-37(52(4,5)6)33-39(41)35-20-13-10-14-21-35/h9-33H,1-8H3. The van der Waals surface area contributed by atoms with Gasteiger partial charge in [0, 0.05) is 33.9 Å². The van der Waals surface area contributed by atoms with Crippen LogP contribution in [-0.2, 0) is 10.8 Å². The summed E-state index contributed by atoms with van der Waals surface area (Å²) >= 11 is 0. The second-order valence-corrected chi connectivity index (χ2v) is 22.9. The summed E-state index contributed by atoms with van der Waals surface area (Å²) in [6.45, 7) is 19.2.